The topological polar surface area (TPSA) is 108 Å². The fourth-order valence-electron chi connectivity index (χ4n) is 4.88. The average Bonchev–Trinajstić information content (AvgIpc) is 3.48. The van der Waals surface area contributed by atoms with Crippen molar-refractivity contribution < 1.29 is 23.8 Å². The molecule has 0 aliphatic carbocycles. The minimum absolute atomic E-state index is 0.442. The Morgan fingerprint density at radius 2 is 1.79 bits per heavy atom. The first-order valence-electron chi connectivity index (χ1n) is 12.2. The Hall–Kier alpha value is -4.32. The molecule has 0 aliphatic rings. The monoisotopic (exact) mass is 516 g/mol. The molecule has 2 heterocycles. The third kappa shape index (κ3) is 4.58. The van der Waals surface area contributed by atoms with Crippen LogP contribution in [0.3, 0.4) is 0 Å². The second-order valence-electron chi connectivity index (χ2n) is 10.8. The molecule has 2 aromatic carbocycles. The molecule has 0 aliphatic heterocycles. The smallest absolute Gasteiger partial charge is 0.419 e. The van der Waals surface area contributed by atoms with Gasteiger partial charge in [-0.15, -0.1) is 0 Å². The van der Waals surface area contributed by atoms with Gasteiger partial charge in [-0.3, -0.25) is 14.0 Å². The lowest BCUT2D eigenvalue weighted by atomic mass is 9.78. The number of aromatic nitrogens is 3. The van der Waals surface area contributed by atoms with Crippen molar-refractivity contribution in [3.63, 3.8) is 0 Å². The lowest BCUT2D eigenvalue weighted by molar-refractivity contribution is -0.152. The van der Waals surface area contributed by atoms with Crippen LogP contribution in [-0.4, -0.2) is 46.2 Å². The van der Waals surface area contributed by atoms with E-state index >= 15 is 0 Å². The number of nitriles is 1. The summed E-state index contributed by atoms with van der Waals surface area (Å²) in [5.74, 6) is 0.0957. The second-order valence-corrected chi connectivity index (χ2v) is 10.8. The molecule has 0 amide bonds. The molecule has 1 atom stereocenters. The zero-order valence-corrected chi connectivity index (χ0v) is 22.9. The molecule has 4 rings (SSSR count). The van der Waals surface area contributed by atoms with Crippen molar-refractivity contribution in [2.24, 2.45) is 5.41 Å². The van der Waals surface area contributed by atoms with Crippen LogP contribution in [0.1, 0.15) is 57.4 Å². The van der Waals surface area contributed by atoms with Crippen LogP contribution in [0.5, 0.6) is 5.75 Å². The molecule has 0 N–H and O–H groups in total. The van der Waals surface area contributed by atoms with E-state index in [1.54, 1.807) is 44.0 Å². The van der Waals surface area contributed by atoms with E-state index < -0.39 is 29.1 Å². The van der Waals surface area contributed by atoms with E-state index in [-0.39, 0.29) is 0 Å². The molecular weight excluding hydrogens is 484 g/mol. The van der Waals surface area contributed by atoms with Gasteiger partial charge in [0.25, 0.3) is 0 Å². The summed E-state index contributed by atoms with van der Waals surface area (Å²) in [6, 6.07) is 10.4. The number of hydrogen-bond donors (Lipinski definition) is 0. The standard InChI is InChI=1S/C29H32N4O5/c1-17-13-22(36-7)23(20-11-12-32(24(17)20)27(35)38-28(2,3)4)25(29(5,6)26(34)37-8)33-16-19-10-9-18(15-30)14-21(19)31-33/h9-14,16,25H,1-8H3. The second kappa shape index (κ2) is 9.53. The van der Waals surface area contributed by atoms with Crippen molar-refractivity contribution >= 4 is 33.9 Å². The van der Waals surface area contributed by atoms with E-state index in [1.807, 2.05) is 52.1 Å². The van der Waals surface area contributed by atoms with Gasteiger partial charge in [-0.1, -0.05) is 0 Å². The van der Waals surface area contributed by atoms with Crippen LogP contribution in [0, 0.1) is 23.7 Å². The number of benzene rings is 2. The number of methoxy groups -OCH3 is 2. The normalized spacial score (nSPS) is 12.8. The number of aryl methyl sites for hydroxylation is 1. The molecule has 4 aromatic rings. The Kier molecular flexibility index (Phi) is 6.70. The van der Waals surface area contributed by atoms with Gasteiger partial charge in [0, 0.05) is 28.7 Å². The van der Waals surface area contributed by atoms with Crippen molar-refractivity contribution in [3.05, 3.63) is 59.4 Å². The SMILES string of the molecule is COC(=O)C(C)(C)C(c1c(OC)cc(C)c2c1ccn2C(=O)OC(C)(C)C)n1cc2ccc(C#N)cc2n1. The van der Waals surface area contributed by atoms with Crippen LogP contribution in [-0.2, 0) is 14.3 Å². The van der Waals surface area contributed by atoms with E-state index in [4.69, 9.17) is 19.3 Å². The first kappa shape index (κ1) is 26.7. The molecule has 38 heavy (non-hydrogen) atoms. The zero-order chi connectivity index (χ0) is 28.0. The van der Waals surface area contributed by atoms with Gasteiger partial charge in [-0.25, -0.2) is 4.79 Å². The highest BCUT2D eigenvalue weighted by atomic mass is 16.6. The van der Waals surface area contributed by atoms with Gasteiger partial charge >= 0.3 is 12.1 Å². The van der Waals surface area contributed by atoms with E-state index in [9.17, 15) is 14.9 Å². The zero-order valence-electron chi connectivity index (χ0n) is 22.9. The predicted molar refractivity (Wildman–Crippen MR) is 143 cm³/mol. The number of rotatable bonds is 5. The number of fused-ring (bicyclic) bond motifs is 2. The number of carbonyl (C=O) groups is 2. The number of nitrogens with zero attached hydrogens (tertiary/aromatic N) is 4. The van der Waals surface area contributed by atoms with Crippen LogP contribution < -0.4 is 4.74 Å². The summed E-state index contributed by atoms with van der Waals surface area (Å²) < 4.78 is 19.9. The largest absolute Gasteiger partial charge is 0.496 e. The van der Waals surface area contributed by atoms with Crippen molar-refractivity contribution in [2.75, 3.05) is 14.2 Å². The van der Waals surface area contributed by atoms with Crippen molar-refractivity contribution in [3.8, 4) is 11.8 Å². The lowest BCUT2D eigenvalue weighted by Gasteiger charge is -2.34. The maximum Gasteiger partial charge on any atom is 0.419 e. The van der Waals surface area contributed by atoms with Crippen LogP contribution >= 0.6 is 0 Å². The molecule has 9 heteroatoms. The number of esters is 1. The molecule has 198 valence electrons. The van der Waals surface area contributed by atoms with E-state index in [2.05, 4.69) is 6.07 Å². The van der Waals surface area contributed by atoms with Gasteiger partial charge in [0.1, 0.15) is 11.4 Å². The van der Waals surface area contributed by atoms with E-state index in [0.29, 0.717) is 33.3 Å². The molecule has 0 fully saturated rings. The molecule has 0 radical (unpaired) electrons. The molecule has 2 aromatic heterocycles. The summed E-state index contributed by atoms with van der Waals surface area (Å²) in [4.78, 5) is 26.3. The minimum Gasteiger partial charge on any atom is -0.496 e. The maximum atomic E-state index is 13.2. The van der Waals surface area contributed by atoms with Crippen LogP contribution in [0.4, 0.5) is 4.79 Å². The molecule has 1 unspecified atom stereocenters. The first-order chi connectivity index (χ1) is 17.8. The molecule has 0 saturated carbocycles. The predicted octanol–water partition coefficient (Wildman–Crippen LogP) is 5.75. The van der Waals surface area contributed by atoms with Crippen LogP contribution in [0.15, 0.2) is 42.7 Å². The summed E-state index contributed by atoms with van der Waals surface area (Å²) in [5.41, 5.74) is 1.42. The summed E-state index contributed by atoms with van der Waals surface area (Å²) in [6.07, 6.45) is 2.99. The number of ether oxygens (including phenoxy) is 3. The summed E-state index contributed by atoms with van der Waals surface area (Å²) in [7, 11) is 2.91. The summed E-state index contributed by atoms with van der Waals surface area (Å²) >= 11 is 0. The Labute approximate surface area is 221 Å². The first-order valence-corrected chi connectivity index (χ1v) is 12.2. The van der Waals surface area contributed by atoms with Crippen molar-refractivity contribution in [1.29, 1.82) is 5.26 Å². The average molecular weight is 517 g/mol. The molecule has 9 nitrogen and oxygen atoms in total. The highest BCUT2D eigenvalue weighted by Gasteiger charge is 2.43. The fourth-order valence-corrected chi connectivity index (χ4v) is 4.88. The van der Waals surface area contributed by atoms with Gasteiger partial charge < -0.3 is 14.2 Å². The highest BCUT2D eigenvalue weighted by molar-refractivity contribution is 5.96. The third-order valence-electron chi connectivity index (χ3n) is 6.56. The number of hydrogen-bond acceptors (Lipinski definition) is 7. The van der Waals surface area contributed by atoms with E-state index in [0.717, 1.165) is 10.9 Å². The Morgan fingerprint density at radius 1 is 1.08 bits per heavy atom. The quantitative estimate of drug-likeness (QED) is 0.311. The Morgan fingerprint density at radius 3 is 2.39 bits per heavy atom. The maximum absolute atomic E-state index is 13.2. The van der Waals surface area contributed by atoms with Crippen molar-refractivity contribution in [2.45, 2.75) is 53.2 Å². The Balaban J connectivity index is 2.05. The van der Waals surface area contributed by atoms with Gasteiger partial charge in [-0.2, -0.15) is 10.4 Å². The van der Waals surface area contributed by atoms with Crippen molar-refractivity contribution in [1.82, 2.24) is 14.3 Å². The molecule has 0 spiro atoms. The van der Waals surface area contributed by atoms with Crippen LogP contribution in [0.25, 0.3) is 21.8 Å². The summed E-state index contributed by atoms with van der Waals surface area (Å²) in [6.45, 7) is 10.9. The highest BCUT2D eigenvalue weighted by Crippen LogP contribution is 2.46. The Bertz CT molecular complexity index is 1600. The van der Waals surface area contributed by atoms with Crippen LogP contribution in [0.2, 0.25) is 0 Å². The van der Waals surface area contributed by atoms with Gasteiger partial charge in [-0.05, 0) is 77.4 Å². The van der Waals surface area contributed by atoms with Gasteiger partial charge in [0.15, 0.2) is 0 Å². The fraction of sp³-hybridized carbons (Fsp3) is 0.379. The van der Waals surface area contributed by atoms with Gasteiger partial charge in [0.2, 0.25) is 0 Å². The molecular formula is C29H32N4O5. The van der Waals surface area contributed by atoms with E-state index in [1.165, 1.54) is 11.7 Å². The summed E-state index contributed by atoms with van der Waals surface area (Å²) in [5, 5.41) is 15.7. The minimum atomic E-state index is -1.11. The third-order valence-corrected chi connectivity index (χ3v) is 6.56. The lowest BCUT2D eigenvalue weighted by Crippen LogP contribution is -2.37. The van der Waals surface area contributed by atoms with Gasteiger partial charge in [0.05, 0.1) is 48.3 Å². The molecule has 0 bridgehead atoms. The number of carbonyl (C=O) groups excluding carboxylic acids is 2. The molecule has 0 saturated heterocycles.